The van der Waals surface area contributed by atoms with Gasteiger partial charge >= 0.3 is 5.97 Å². The molecule has 55 heteroatoms. The van der Waals surface area contributed by atoms with Crippen LogP contribution in [0.3, 0.4) is 0 Å². The standard InChI is InChI=1S/C81H136N28O27/c1-12-34(7)51(91)67(124)58(76(132)105-59(68(125)52(92)35(8)13-2)75(131)101-53(44(112)29-82)72(128)103-54(71(127)96-11)65(122)41(87)27-49(117)118)102-70(126)42(28-43(111)36(9)95-10)99-79(135)69(98-37(31-110)26-32(3)4)108-77(133)57(64(121)40(86)21-23-47(89)115)104-74(130)56(62(119)38(84)18-17-24-97-81(93)94)106-78(134)61(45(113)30-83)109-25-16-14-15-19-48(116)100-55(63(120)39(85)20-22-46(88)114)73(129)107-60(80(109)136)66(123)50(90)33(5)6/h14,16,31-42,50-61,69,81,95,97-98H,12-13,15,17-30,82-87,90-94H2,1-11H3,(H2,88,114)(H2,89,115)(H,96,127)(H,99,135)(H,100,116)(H,101,131)(H,102,126)(H,103,128)(H,104,130)(H,105,132)(H,106,134)(H,107,129)(H,108,133)(H,117,118)/t34-,35-,36-,37-,38-,39-,40-,41-,42?,50-,51?,52?,53?,54?,55?,56?,57?,58?,59?,60?,61?,69?/m0/s1. The number of primary amides is 2. The Hall–Kier alpha value is -12.4. The Morgan fingerprint density at radius 3 is 1.39 bits per heavy atom. The Kier molecular flexibility index (Phi) is 53.2. The van der Waals surface area contributed by atoms with Crippen molar-refractivity contribution in [3.8, 4) is 0 Å². The van der Waals surface area contributed by atoms with E-state index in [2.05, 4.69) is 31.9 Å². The number of nitrogens with two attached hydrogens (primary N) is 13. The van der Waals surface area contributed by atoms with Crippen LogP contribution in [0, 0.1) is 23.7 Å². The number of carboxylic acid groups (broad SMARTS) is 1. The van der Waals surface area contributed by atoms with E-state index in [4.69, 9.17) is 74.5 Å². The fourth-order valence-electron chi connectivity index (χ4n) is 12.8. The van der Waals surface area contributed by atoms with Crippen molar-refractivity contribution in [3.05, 3.63) is 12.2 Å². The van der Waals surface area contributed by atoms with Gasteiger partial charge < -0.3 is 153 Å². The maximum Gasteiger partial charge on any atom is 0.305 e. The Bertz CT molecular complexity index is 4380. The molecule has 0 fully saturated rings. The summed E-state index contributed by atoms with van der Waals surface area (Å²) in [5.41, 5.74) is 77.0. The average Bonchev–Trinajstić information content (AvgIpc) is 0.954. The van der Waals surface area contributed by atoms with Crippen molar-refractivity contribution in [1.29, 1.82) is 0 Å². The highest BCUT2D eigenvalue weighted by molar-refractivity contribution is 6.22. The number of rotatable bonds is 63. The molecule has 0 spiro atoms. The molecular weight excluding hydrogens is 1800 g/mol. The maximum atomic E-state index is 15.5. The number of hydrogen-bond donors (Lipinski definition) is 28. The Morgan fingerprint density at radius 2 is 0.941 bits per heavy atom. The number of aldehydes is 1. The fraction of sp³-hybridized carbons (Fsp3) is 0.654. The number of hydrogen-bond acceptors (Lipinski definition) is 40. The summed E-state index contributed by atoms with van der Waals surface area (Å²) in [7, 11) is 2.23. The highest BCUT2D eigenvalue weighted by Crippen LogP contribution is 2.18. The zero-order chi connectivity index (χ0) is 104. The maximum absolute atomic E-state index is 15.5. The van der Waals surface area contributed by atoms with Gasteiger partial charge in [0.25, 0.3) is 53.2 Å². The minimum atomic E-state index is -2.96. The topological polar surface area (TPSA) is 974 Å². The van der Waals surface area contributed by atoms with Gasteiger partial charge in [-0.3, -0.25) is 130 Å². The van der Waals surface area contributed by atoms with Crippen molar-refractivity contribution in [2.75, 3.05) is 40.3 Å². The van der Waals surface area contributed by atoms with Crippen LogP contribution < -0.4 is 149 Å². The van der Waals surface area contributed by atoms with Gasteiger partial charge in [-0.2, -0.15) is 0 Å². The summed E-state index contributed by atoms with van der Waals surface area (Å²) < 4.78 is 0. The second-order valence-corrected chi connectivity index (χ2v) is 33.2. The number of amides is 14. The van der Waals surface area contributed by atoms with Crippen molar-refractivity contribution < 1.29 is 130 Å². The van der Waals surface area contributed by atoms with Gasteiger partial charge in [0.1, 0.15) is 18.6 Å². The lowest BCUT2D eigenvalue weighted by Gasteiger charge is -2.34. The predicted octanol–water partition coefficient (Wildman–Crippen LogP) is -16.5. The lowest BCUT2D eigenvalue weighted by Crippen LogP contribution is -2.68. The number of nitrogens with one attached hydrogen (secondary N) is 14. The first-order valence-electron chi connectivity index (χ1n) is 43.6. The molecule has 22 atom stereocenters. The second kappa shape index (κ2) is 59.5. The van der Waals surface area contributed by atoms with Crippen molar-refractivity contribution in [1.82, 2.24) is 79.3 Å². The smallest absolute Gasteiger partial charge is 0.305 e. The van der Waals surface area contributed by atoms with Gasteiger partial charge in [0.05, 0.1) is 73.9 Å². The monoisotopic (exact) mass is 1930 g/mol. The van der Waals surface area contributed by atoms with Gasteiger partial charge in [-0.15, -0.1) is 0 Å². The molecule has 55 nitrogen and oxygen atoms in total. The minimum Gasteiger partial charge on any atom is -0.481 e. The normalized spacial score (nSPS) is 18.1. The number of likely N-dealkylation sites (N-methyl/N-ethyl adjacent to an activating group) is 2. The predicted molar refractivity (Wildman–Crippen MR) is 479 cm³/mol. The number of nitrogens with zero attached hydrogens (tertiary/aromatic N) is 1. The van der Waals surface area contributed by atoms with Gasteiger partial charge in [0.15, 0.2) is 118 Å². The van der Waals surface area contributed by atoms with Crippen LogP contribution in [0.4, 0.5) is 0 Å². The summed E-state index contributed by atoms with van der Waals surface area (Å²) in [6, 6.07) is -42.7. The molecule has 0 aliphatic carbocycles. The van der Waals surface area contributed by atoms with E-state index >= 15 is 38.4 Å². The molecule has 136 heavy (non-hydrogen) atoms. The molecule has 0 saturated heterocycles. The minimum absolute atomic E-state index is 0.0414. The van der Waals surface area contributed by atoms with E-state index in [0.29, 0.717) is 4.90 Å². The van der Waals surface area contributed by atoms with E-state index in [9.17, 15) is 91.4 Å². The molecule has 13 unspecified atom stereocenters. The molecule has 14 amide bonds. The van der Waals surface area contributed by atoms with Crippen LogP contribution in [0.5, 0.6) is 0 Å². The fourth-order valence-corrected chi connectivity index (χ4v) is 12.8. The number of carboxylic acids is 1. The van der Waals surface area contributed by atoms with Gasteiger partial charge in [-0.05, 0) is 82.7 Å². The first-order chi connectivity index (χ1) is 63.4. The molecule has 0 aromatic carbocycles. The largest absolute Gasteiger partial charge is 0.481 e. The summed E-state index contributed by atoms with van der Waals surface area (Å²) in [4.78, 5) is 370. The third-order valence-electron chi connectivity index (χ3n) is 21.8. The second-order valence-electron chi connectivity index (χ2n) is 33.2. The van der Waals surface area contributed by atoms with Crippen LogP contribution in [-0.2, 0) is 125 Å². The van der Waals surface area contributed by atoms with Gasteiger partial charge in [0.2, 0.25) is 29.5 Å². The molecule has 41 N–H and O–H groups in total. The van der Waals surface area contributed by atoms with Gasteiger partial charge in [-0.1, -0.05) is 80.4 Å². The van der Waals surface area contributed by atoms with Crippen molar-refractivity contribution in [2.45, 2.75) is 273 Å². The van der Waals surface area contributed by atoms with Crippen LogP contribution >= 0.6 is 0 Å². The van der Waals surface area contributed by atoms with E-state index in [1.165, 1.54) is 61.6 Å². The van der Waals surface area contributed by atoms with Crippen molar-refractivity contribution >= 4 is 153 Å². The number of carbonyl (C=O) groups excluding carboxylic acids is 25. The van der Waals surface area contributed by atoms with Crippen LogP contribution in [0.15, 0.2) is 12.2 Å². The number of Topliss-reactive ketones (excluding diaryl/α,β-unsaturated/α-hetero) is 10. The molecule has 1 heterocycles. The number of carbonyl (C=O) groups is 26. The van der Waals surface area contributed by atoms with Crippen LogP contribution in [-0.4, -0.2) is 330 Å². The van der Waals surface area contributed by atoms with E-state index in [1.807, 2.05) is 42.5 Å². The summed E-state index contributed by atoms with van der Waals surface area (Å²) in [5, 5.41) is 39.1. The van der Waals surface area contributed by atoms with Crippen LogP contribution in [0.1, 0.15) is 146 Å². The summed E-state index contributed by atoms with van der Waals surface area (Å²) in [6.07, 6.45) is -7.80. The average molecular weight is 1930 g/mol. The highest BCUT2D eigenvalue weighted by Gasteiger charge is 2.49. The third kappa shape index (κ3) is 38.4. The Labute approximate surface area is 782 Å². The molecule has 0 saturated carbocycles. The number of allylic oxidation sites excluding steroid dienone is 1. The van der Waals surface area contributed by atoms with Crippen LogP contribution in [0.2, 0.25) is 0 Å². The summed E-state index contributed by atoms with van der Waals surface area (Å²) in [5.74, 6) is -41.4. The molecule has 0 aromatic rings. The SMILES string of the molecule is CC[C@H](C)C(N)C(=O)C(NC(=O)C(CC(=O)[C@H](C)NC)NC(=O)C(NC(=O)C(NC(=O)C(NC(=O)C(C(=O)CN)N1CC=CCCC(=O)NC(C(=O)[C@@H](N)CCC(N)=O)C(=O)NC(C(=O)[C@@H](N)C(C)C)C1=O)C(=O)[C@@H](N)CCCNC(N)N)C(=O)[C@@H](N)CCC(N)=O)N[C@H](C=O)CC(C)C)C(=O)NC(C(=O)NC(C(=O)CN)C(=O)NC(C(=O)NC)C(=O)[C@@H](N)CC(=O)O)C(=O)C(N)[C@@H](C)CC. The Morgan fingerprint density at radius 1 is 0.493 bits per heavy atom. The molecule has 0 bridgehead atoms. The van der Waals surface area contributed by atoms with E-state index in [1.54, 1.807) is 13.8 Å². The zero-order valence-corrected chi connectivity index (χ0v) is 77.7. The Balaban J connectivity index is 4.76. The highest BCUT2D eigenvalue weighted by atomic mass is 16.4. The van der Waals surface area contributed by atoms with E-state index in [0.717, 1.165) is 13.1 Å². The molecule has 1 rings (SSSR count). The quantitative estimate of drug-likeness (QED) is 0.00884. The molecule has 762 valence electrons. The summed E-state index contributed by atoms with van der Waals surface area (Å²) in [6.45, 7) is 9.50. The lowest BCUT2D eigenvalue weighted by molar-refractivity contribution is -0.151. The van der Waals surface area contributed by atoms with E-state index < -0.39 is 368 Å². The number of aliphatic carboxylic acids is 1. The lowest BCUT2D eigenvalue weighted by atomic mass is 9.90. The molecule has 1 aliphatic rings. The third-order valence-corrected chi connectivity index (χ3v) is 21.8. The first-order valence-corrected chi connectivity index (χ1v) is 43.6. The van der Waals surface area contributed by atoms with Crippen molar-refractivity contribution in [2.24, 2.45) is 98.2 Å². The summed E-state index contributed by atoms with van der Waals surface area (Å²) >= 11 is 0. The van der Waals surface area contributed by atoms with Gasteiger partial charge in [-0.25, -0.2) is 0 Å². The van der Waals surface area contributed by atoms with E-state index in [-0.39, 0.29) is 44.9 Å². The number of ketones is 10. The molecule has 0 aromatic heterocycles. The van der Waals surface area contributed by atoms with Crippen molar-refractivity contribution in [3.63, 3.8) is 0 Å². The van der Waals surface area contributed by atoms with Crippen LogP contribution in [0.25, 0.3) is 0 Å². The zero-order valence-electron chi connectivity index (χ0n) is 77.7. The van der Waals surface area contributed by atoms with Gasteiger partial charge in [0, 0.05) is 39.3 Å². The molecule has 1 aliphatic heterocycles. The molecular formula is C81H136N28O27. The first kappa shape index (κ1) is 122. The molecule has 0 radical (unpaired) electrons.